The number of nitro groups is 1. The zero-order valence-corrected chi connectivity index (χ0v) is 20.2. The van der Waals surface area contributed by atoms with E-state index in [0.717, 1.165) is 6.07 Å². The fraction of sp³-hybridized carbons (Fsp3) is 0.0435. The van der Waals surface area contributed by atoms with Gasteiger partial charge in [-0.1, -0.05) is 41.4 Å². The Labute approximate surface area is 210 Å². The first-order valence-corrected chi connectivity index (χ1v) is 11.8. The predicted molar refractivity (Wildman–Crippen MR) is 131 cm³/mol. The van der Waals surface area contributed by atoms with Gasteiger partial charge in [0.15, 0.2) is 0 Å². The largest absolute Gasteiger partial charge is 0.379 e. The average molecular weight is 532 g/mol. The molecule has 0 heterocycles. The van der Waals surface area contributed by atoms with Crippen molar-refractivity contribution in [2.75, 3.05) is 5.32 Å². The molecule has 0 aliphatic rings. The molecule has 0 atom stereocenters. The second kappa shape index (κ2) is 10.6. The van der Waals surface area contributed by atoms with Gasteiger partial charge in [-0.25, -0.2) is 0 Å². The van der Waals surface area contributed by atoms with Gasteiger partial charge in [0, 0.05) is 16.7 Å². The molecule has 0 bridgehead atoms. The Bertz CT molecular complexity index is 1500. The third-order valence-corrected chi connectivity index (χ3v) is 6.41. The van der Waals surface area contributed by atoms with Gasteiger partial charge in [0.25, 0.3) is 11.6 Å². The average Bonchev–Trinajstić information content (AvgIpc) is 2.80. The third kappa shape index (κ3) is 6.36. The first kappa shape index (κ1) is 25.7. The van der Waals surface area contributed by atoms with E-state index >= 15 is 0 Å². The Morgan fingerprint density at radius 2 is 1.80 bits per heavy atom. The molecular formula is C23H15Cl2N3O6S. The van der Waals surface area contributed by atoms with Crippen LogP contribution in [0.3, 0.4) is 0 Å². The fourth-order valence-corrected chi connectivity index (χ4v) is 4.12. The molecule has 1 N–H and O–H groups in total. The van der Waals surface area contributed by atoms with E-state index in [2.05, 4.69) is 5.32 Å². The smallest absolute Gasteiger partial charge is 0.339 e. The molecule has 178 valence electrons. The molecular weight excluding hydrogens is 517 g/mol. The lowest BCUT2D eigenvalue weighted by Crippen LogP contribution is -2.13. The molecule has 1 amide bonds. The van der Waals surface area contributed by atoms with Crippen LogP contribution in [-0.4, -0.2) is 19.2 Å². The molecule has 3 aromatic carbocycles. The van der Waals surface area contributed by atoms with Gasteiger partial charge in [-0.3, -0.25) is 14.9 Å². The van der Waals surface area contributed by atoms with Crippen molar-refractivity contribution in [2.45, 2.75) is 11.8 Å². The van der Waals surface area contributed by atoms with E-state index in [1.807, 2.05) is 0 Å². The number of nitrogens with zero attached hydrogens (tertiary/aromatic N) is 2. The SMILES string of the molecule is Cc1ccc(S(=O)(=O)Oc2ccc(/C=C(\C#N)C(=O)Nc3cc(Cl)ccc3Cl)cc2)cc1[N+](=O)[O-]. The molecule has 0 fully saturated rings. The highest BCUT2D eigenvalue weighted by molar-refractivity contribution is 7.87. The zero-order valence-electron chi connectivity index (χ0n) is 17.9. The number of benzene rings is 3. The summed E-state index contributed by atoms with van der Waals surface area (Å²) >= 11 is 11.9. The van der Waals surface area contributed by atoms with Crippen LogP contribution in [0.5, 0.6) is 5.75 Å². The lowest BCUT2D eigenvalue weighted by Gasteiger charge is -2.08. The van der Waals surface area contributed by atoms with Crippen LogP contribution in [0.4, 0.5) is 11.4 Å². The minimum Gasteiger partial charge on any atom is -0.379 e. The van der Waals surface area contributed by atoms with Crippen LogP contribution in [0.1, 0.15) is 11.1 Å². The van der Waals surface area contributed by atoms with E-state index in [0.29, 0.717) is 16.1 Å². The number of rotatable bonds is 7. The van der Waals surface area contributed by atoms with Gasteiger partial charge in [-0.2, -0.15) is 13.7 Å². The number of amides is 1. The summed E-state index contributed by atoms with van der Waals surface area (Å²) in [5.41, 5.74) is 0.353. The molecule has 0 saturated heterocycles. The molecule has 0 aromatic heterocycles. The first-order valence-electron chi connectivity index (χ1n) is 9.68. The van der Waals surface area contributed by atoms with Gasteiger partial charge < -0.3 is 9.50 Å². The molecule has 3 aromatic rings. The Hall–Kier alpha value is -3.91. The normalized spacial score (nSPS) is 11.4. The van der Waals surface area contributed by atoms with Gasteiger partial charge in [-0.05, 0) is 55.0 Å². The van der Waals surface area contributed by atoms with Crippen LogP contribution < -0.4 is 9.50 Å². The van der Waals surface area contributed by atoms with Crippen molar-refractivity contribution in [1.82, 2.24) is 0 Å². The number of nitrogens with one attached hydrogen (secondary N) is 1. The Balaban J connectivity index is 1.78. The number of nitriles is 1. The number of halogens is 2. The molecule has 0 unspecified atom stereocenters. The number of aryl methyl sites for hydroxylation is 1. The Morgan fingerprint density at radius 3 is 2.43 bits per heavy atom. The second-order valence-corrected chi connectivity index (χ2v) is 9.45. The molecule has 0 spiro atoms. The molecule has 0 saturated carbocycles. The van der Waals surface area contributed by atoms with E-state index < -0.39 is 20.9 Å². The summed E-state index contributed by atoms with van der Waals surface area (Å²) in [6, 6.07) is 15.2. The fourth-order valence-electron chi connectivity index (χ4n) is 2.83. The number of anilines is 1. The number of nitro benzene ring substituents is 1. The quantitative estimate of drug-likeness (QED) is 0.139. The summed E-state index contributed by atoms with van der Waals surface area (Å²) in [6.07, 6.45) is 1.29. The van der Waals surface area contributed by atoms with Crippen LogP contribution in [0.25, 0.3) is 6.08 Å². The first-order chi connectivity index (χ1) is 16.5. The van der Waals surface area contributed by atoms with Gasteiger partial charge >= 0.3 is 10.1 Å². The molecule has 0 radical (unpaired) electrons. The highest BCUT2D eigenvalue weighted by atomic mass is 35.5. The van der Waals surface area contributed by atoms with E-state index in [1.54, 1.807) is 12.1 Å². The standard InChI is InChI=1S/C23H15Cl2N3O6S/c1-14-2-8-19(12-22(14)28(30)31)35(32,33)34-18-6-3-15(4-7-18)10-16(13-26)23(29)27-21-11-17(24)5-9-20(21)25/h2-12H,1H3,(H,27,29)/b16-10+. The van der Waals surface area contributed by atoms with Crippen molar-refractivity contribution in [3.63, 3.8) is 0 Å². The van der Waals surface area contributed by atoms with E-state index in [-0.39, 0.29) is 32.6 Å². The lowest BCUT2D eigenvalue weighted by atomic mass is 10.1. The second-order valence-electron chi connectivity index (χ2n) is 7.06. The van der Waals surface area contributed by atoms with Crippen molar-refractivity contribution in [2.24, 2.45) is 0 Å². The lowest BCUT2D eigenvalue weighted by molar-refractivity contribution is -0.385. The van der Waals surface area contributed by atoms with Crippen molar-refractivity contribution < 1.29 is 22.3 Å². The maximum atomic E-state index is 12.5. The summed E-state index contributed by atoms with van der Waals surface area (Å²) in [5, 5.41) is 23.6. The number of carbonyl (C=O) groups is 1. The highest BCUT2D eigenvalue weighted by Gasteiger charge is 2.22. The minimum absolute atomic E-state index is 0.0703. The molecule has 0 aliphatic heterocycles. The van der Waals surface area contributed by atoms with Gasteiger partial charge in [-0.15, -0.1) is 0 Å². The molecule has 12 heteroatoms. The molecule has 9 nitrogen and oxygen atoms in total. The molecule has 0 aliphatic carbocycles. The van der Waals surface area contributed by atoms with Crippen LogP contribution in [0, 0.1) is 28.4 Å². The van der Waals surface area contributed by atoms with Crippen molar-refractivity contribution in [3.8, 4) is 11.8 Å². The number of hydrogen-bond acceptors (Lipinski definition) is 7. The van der Waals surface area contributed by atoms with E-state index in [9.17, 15) is 28.6 Å². The minimum atomic E-state index is -4.34. The number of hydrogen-bond donors (Lipinski definition) is 1. The van der Waals surface area contributed by atoms with Gasteiger partial charge in [0.2, 0.25) is 0 Å². The number of carbonyl (C=O) groups excluding carboxylic acids is 1. The monoisotopic (exact) mass is 531 g/mol. The van der Waals surface area contributed by atoms with Crippen LogP contribution in [0.15, 0.2) is 71.1 Å². The van der Waals surface area contributed by atoms with Crippen LogP contribution in [-0.2, 0) is 14.9 Å². The summed E-state index contributed by atoms with van der Waals surface area (Å²) in [4.78, 5) is 22.5. The third-order valence-electron chi connectivity index (χ3n) is 4.60. The summed E-state index contributed by atoms with van der Waals surface area (Å²) in [5.74, 6) is -0.792. The molecule has 3 rings (SSSR count). The Kier molecular flexibility index (Phi) is 7.76. The van der Waals surface area contributed by atoms with Crippen molar-refractivity contribution in [3.05, 3.63) is 97.5 Å². The van der Waals surface area contributed by atoms with Crippen molar-refractivity contribution in [1.29, 1.82) is 5.26 Å². The maximum Gasteiger partial charge on any atom is 0.339 e. The van der Waals surface area contributed by atoms with Gasteiger partial charge in [0.05, 0.1) is 15.6 Å². The predicted octanol–water partition coefficient (Wildman–Crippen LogP) is 5.52. The Morgan fingerprint density at radius 1 is 1.11 bits per heavy atom. The van der Waals surface area contributed by atoms with Crippen LogP contribution >= 0.6 is 23.2 Å². The van der Waals surface area contributed by atoms with Crippen molar-refractivity contribution >= 4 is 56.7 Å². The highest BCUT2D eigenvalue weighted by Crippen LogP contribution is 2.27. The summed E-state index contributed by atoms with van der Waals surface area (Å²) in [7, 11) is -4.34. The maximum absolute atomic E-state index is 12.5. The van der Waals surface area contributed by atoms with E-state index in [1.165, 1.54) is 61.5 Å². The van der Waals surface area contributed by atoms with E-state index in [4.69, 9.17) is 27.4 Å². The van der Waals surface area contributed by atoms with Gasteiger partial charge in [0.1, 0.15) is 22.3 Å². The molecule has 35 heavy (non-hydrogen) atoms. The zero-order chi connectivity index (χ0) is 25.8. The summed E-state index contributed by atoms with van der Waals surface area (Å²) < 4.78 is 30.1. The topological polar surface area (TPSA) is 139 Å². The summed E-state index contributed by atoms with van der Waals surface area (Å²) in [6.45, 7) is 1.49. The van der Waals surface area contributed by atoms with Crippen LogP contribution in [0.2, 0.25) is 10.0 Å².